The molecule has 0 aliphatic rings. The van der Waals surface area contributed by atoms with Crippen LogP contribution >= 0.6 is 0 Å². The third kappa shape index (κ3) is 16.0. The molecule has 0 spiro atoms. The average Bonchev–Trinajstić information content (AvgIpc) is 2.86. The standard InChI is InChI=1S/C24H26O.2C2H7N.C2H2O4/c1-19-15-20(2)17-21(16-19)18-25-14-13-24(22-9-5-3-6-10-22)23-11-7-4-8-12-23;2*1-2-3;3-1(4)2(5)6/h3-12,15-17,24H,13-14,18H2,1-2H3;2*2-3H2,1H3;(H,3,4)(H,5,6). The summed E-state index contributed by atoms with van der Waals surface area (Å²) in [6.45, 7) is 11.7. The molecular weight excluding hydrogens is 468 g/mol. The van der Waals surface area contributed by atoms with E-state index in [1.165, 1.54) is 27.8 Å². The maximum Gasteiger partial charge on any atom is 0.0870 e. The molecule has 3 rings (SSSR count). The van der Waals surface area contributed by atoms with Crippen molar-refractivity contribution in [3.05, 3.63) is 107 Å². The van der Waals surface area contributed by atoms with Gasteiger partial charge in [-0.2, -0.15) is 0 Å². The number of carbonyl (C=O) groups excluding carboxylic acids is 2. The molecule has 0 saturated heterocycles. The van der Waals surface area contributed by atoms with E-state index in [-0.39, 0.29) is 0 Å². The molecule has 0 bridgehead atoms. The minimum Gasteiger partial charge on any atom is -0.543 e. The number of hydrogen-bond donors (Lipinski definition) is 2. The highest BCUT2D eigenvalue weighted by molar-refractivity contribution is 6.25. The van der Waals surface area contributed by atoms with Crippen molar-refractivity contribution in [2.45, 2.75) is 46.6 Å². The van der Waals surface area contributed by atoms with Gasteiger partial charge in [-0.3, -0.25) is 0 Å². The Morgan fingerprint density at radius 2 is 1.14 bits per heavy atom. The van der Waals surface area contributed by atoms with E-state index >= 15 is 0 Å². The Labute approximate surface area is 221 Å². The first kappa shape index (κ1) is 33.5. The SMILES string of the molecule is CC[NH3+].CC[NH3+].Cc1cc(C)cc(COCCC(c2ccccc2)c2ccccc2)c1.O=C([O-])C(=O)[O-]. The zero-order valence-electron chi connectivity index (χ0n) is 22.6. The maximum absolute atomic E-state index is 8.93. The van der Waals surface area contributed by atoms with E-state index in [2.05, 4.69) is 104 Å². The topological polar surface area (TPSA) is 145 Å². The van der Waals surface area contributed by atoms with Crippen LogP contribution in [0.25, 0.3) is 0 Å². The first-order valence-electron chi connectivity index (χ1n) is 12.5. The summed E-state index contributed by atoms with van der Waals surface area (Å²) in [6, 6.07) is 28.0. The molecular formula is C30H42N2O5. The summed E-state index contributed by atoms with van der Waals surface area (Å²) in [6.07, 6.45) is 0.985. The lowest BCUT2D eigenvalue weighted by Crippen LogP contribution is -2.48. The second kappa shape index (κ2) is 20.7. The molecule has 7 nitrogen and oxygen atoms in total. The third-order valence-corrected chi connectivity index (χ3v) is 4.67. The molecule has 202 valence electrons. The predicted octanol–water partition coefficient (Wildman–Crippen LogP) is 1.02. The summed E-state index contributed by atoms with van der Waals surface area (Å²) in [7, 11) is 0. The molecule has 6 N–H and O–H groups in total. The molecule has 0 heterocycles. The van der Waals surface area contributed by atoms with Crippen LogP contribution in [0.1, 0.15) is 54.0 Å². The van der Waals surface area contributed by atoms with Crippen LogP contribution in [-0.4, -0.2) is 31.6 Å². The smallest absolute Gasteiger partial charge is 0.0870 e. The lowest BCUT2D eigenvalue weighted by molar-refractivity contribution is -0.362. The van der Waals surface area contributed by atoms with Gasteiger partial charge in [-0.15, -0.1) is 0 Å². The normalized spacial score (nSPS) is 9.59. The van der Waals surface area contributed by atoms with Gasteiger partial charge in [0.2, 0.25) is 0 Å². The fourth-order valence-electron chi connectivity index (χ4n) is 3.44. The Balaban J connectivity index is 0.000000910. The summed E-state index contributed by atoms with van der Waals surface area (Å²) in [5.74, 6) is -3.99. The molecule has 0 aromatic heterocycles. The van der Waals surface area contributed by atoms with Gasteiger partial charge in [-0.05, 0) is 50.8 Å². The second-order valence-corrected chi connectivity index (χ2v) is 8.29. The molecule has 0 unspecified atom stereocenters. The van der Waals surface area contributed by atoms with Crippen LogP contribution in [0.4, 0.5) is 0 Å². The van der Waals surface area contributed by atoms with Crippen LogP contribution in [0.2, 0.25) is 0 Å². The van der Waals surface area contributed by atoms with E-state index in [0.717, 1.165) is 26.1 Å². The van der Waals surface area contributed by atoms with Gasteiger partial charge in [0.15, 0.2) is 0 Å². The largest absolute Gasteiger partial charge is 0.543 e. The number of aryl methyl sites for hydroxylation is 2. The molecule has 3 aromatic rings. The zero-order chi connectivity index (χ0) is 28.1. The summed E-state index contributed by atoms with van der Waals surface area (Å²) in [5.41, 5.74) is 13.5. The van der Waals surface area contributed by atoms with E-state index in [1.54, 1.807) is 0 Å². The molecule has 7 heteroatoms. The number of aliphatic carboxylic acids is 2. The van der Waals surface area contributed by atoms with Gasteiger partial charge in [-0.25, -0.2) is 0 Å². The third-order valence-electron chi connectivity index (χ3n) is 4.67. The van der Waals surface area contributed by atoms with E-state index < -0.39 is 11.9 Å². The van der Waals surface area contributed by atoms with Gasteiger partial charge in [0.1, 0.15) is 0 Å². The Morgan fingerprint density at radius 1 is 0.757 bits per heavy atom. The lowest BCUT2D eigenvalue weighted by Gasteiger charge is -2.18. The van der Waals surface area contributed by atoms with Crippen molar-refractivity contribution in [3.63, 3.8) is 0 Å². The van der Waals surface area contributed by atoms with Gasteiger partial charge >= 0.3 is 0 Å². The quantitative estimate of drug-likeness (QED) is 0.360. The Hall–Kier alpha value is -3.52. The Bertz CT molecular complexity index is 937. The van der Waals surface area contributed by atoms with Crippen molar-refractivity contribution in [2.24, 2.45) is 0 Å². The highest BCUT2D eigenvalue weighted by atomic mass is 16.5. The monoisotopic (exact) mass is 510 g/mol. The average molecular weight is 511 g/mol. The Kier molecular flexibility index (Phi) is 18.7. The highest BCUT2D eigenvalue weighted by Gasteiger charge is 2.13. The van der Waals surface area contributed by atoms with Crippen molar-refractivity contribution in [3.8, 4) is 0 Å². The van der Waals surface area contributed by atoms with E-state index in [1.807, 2.05) is 13.8 Å². The van der Waals surface area contributed by atoms with Gasteiger partial charge in [-0.1, -0.05) is 90.0 Å². The number of carboxylic acids is 2. The van der Waals surface area contributed by atoms with Crippen LogP contribution in [0.3, 0.4) is 0 Å². The molecule has 0 aliphatic heterocycles. The highest BCUT2D eigenvalue weighted by Crippen LogP contribution is 2.27. The predicted molar refractivity (Wildman–Crippen MR) is 142 cm³/mol. The first-order chi connectivity index (χ1) is 17.7. The van der Waals surface area contributed by atoms with Gasteiger partial charge in [0, 0.05) is 12.5 Å². The van der Waals surface area contributed by atoms with Gasteiger partial charge in [0.05, 0.1) is 31.6 Å². The molecule has 0 aliphatic carbocycles. The maximum atomic E-state index is 8.93. The summed E-state index contributed by atoms with van der Waals surface area (Å²) >= 11 is 0. The number of quaternary nitrogens is 2. The van der Waals surface area contributed by atoms with Crippen molar-refractivity contribution in [1.29, 1.82) is 0 Å². The van der Waals surface area contributed by atoms with Crippen LogP contribution in [0, 0.1) is 13.8 Å². The number of benzene rings is 3. The summed E-state index contributed by atoms with van der Waals surface area (Å²) < 4.78 is 6.00. The number of carbonyl (C=O) groups is 2. The second-order valence-electron chi connectivity index (χ2n) is 8.29. The molecule has 0 fully saturated rings. The number of carboxylic acid groups (broad SMARTS) is 2. The van der Waals surface area contributed by atoms with Crippen LogP contribution < -0.4 is 21.7 Å². The number of hydrogen-bond acceptors (Lipinski definition) is 5. The summed E-state index contributed by atoms with van der Waals surface area (Å²) in [4.78, 5) is 17.9. The number of rotatable bonds is 7. The molecule has 0 saturated carbocycles. The van der Waals surface area contributed by atoms with Crippen molar-refractivity contribution in [2.75, 3.05) is 19.7 Å². The van der Waals surface area contributed by atoms with Gasteiger partial charge < -0.3 is 36.0 Å². The Morgan fingerprint density at radius 3 is 1.49 bits per heavy atom. The van der Waals surface area contributed by atoms with Crippen LogP contribution in [0.15, 0.2) is 78.9 Å². The van der Waals surface area contributed by atoms with Crippen LogP contribution in [-0.2, 0) is 20.9 Å². The zero-order valence-corrected chi connectivity index (χ0v) is 22.6. The first-order valence-corrected chi connectivity index (χ1v) is 12.5. The lowest BCUT2D eigenvalue weighted by atomic mass is 9.89. The fourth-order valence-corrected chi connectivity index (χ4v) is 3.44. The van der Waals surface area contributed by atoms with Crippen molar-refractivity contribution in [1.82, 2.24) is 0 Å². The van der Waals surface area contributed by atoms with E-state index in [9.17, 15) is 0 Å². The van der Waals surface area contributed by atoms with E-state index in [0.29, 0.717) is 12.5 Å². The molecule has 3 aromatic carbocycles. The van der Waals surface area contributed by atoms with Crippen LogP contribution in [0.5, 0.6) is 0 Å². The van der Waals surface area contributed by atoms with Gasteiger partial charge in [0.25, 0.3) is 0 Å². The minimum absolute atomic E-state index is 0.377. The van der Waals surface area contributed by atoms with E-state index in [4.69, 9.17) is 24.5 Å². The summed E-state index contributed by atoms with van der Waals surface area (Å²) in [5, 5.41) is 17.9. The molecule has 37 heavy (non-hydrogen) atoms. The molecule has 0 atom stereocenters. The van der Waals surface area contributed by atoms with Crippen molar-refractivity contribution < 1.29 is 36.0 Å². The fraction of sp³-hybridized carbons (Fsp3) is 0.333. The number of ether oxygens (including phenoxy) is 1. The molecule has 0 radical (unpaired) electrons. The molecule has 0 amide bonds. The van der Waals surface area contributed by atoms with Crippen molar-refractivity contribution >= 4 is 11.9 Å². The minimum atomic E-state index is -2.19.